The van der Waals surface area contributed by atoms with Gasteiger partial charge in [0.25, 0.3) is 11.7 Å². The Morgan fingerprint density at radius 3 is 2.26 bits per heavy atom. The molecule has 0 aromatic heterocycles. The van der Waals surface area contributed by atoms with Gasteiger partial charge < -0.3 is 43.5 Å². The van der Waals surface area contributed by atoms with E-state index in [1.165, 1.54) is 33.2 Å². The fourth-order valence-electron chi connectivity index (χ4n) is 11.4. The number of methoxy groups -OCH3 is 3. The molecule has 73 heavy (non-hydrogen) atoms. The van der Waals surface area contributed by atoms with Crippen molar-refractivity contribution in [1.29, 1.82) is 0 Å². The van der Waals surface area contributed by atoms with Crippen LogP contribution in [-0.4, -0.2) is 160 Å². The summed E-state index contributed by atoms with van der Waals surface area (Å²) in [5, 5.41) is 23.6. The normalized spacial score (nSPS) is 39.5. The van der Waals surface area contributed by atoms with Gasteiger partial charge in [-0.3, -0.25) is 19.2 Å². The average molecular weight is 1050 g/mol. The van der Waals surface area contributed by atoms with Crippen molar-refractivity contribution in [2.24, 2.45) is 41.4 Å². The third kappa shape index (κ3) is 14.6. The molecule has 0 spiro atoms. The summed E-state index contributed by atoms with van der Waals surface area (Å²) in [7, 11) is 2.77. The number of allylic oxidation sites excluding steroid dienone is 6. The lowest BCUT2D eigenvalue weighted by Crippen LogP contribution is -2.65. The first-order valence-corrected chi connectivity index (χ1v) is 27.2. The second kappa shape index (κ2) is 26.1. The predicted molar refractivity (Wildman–Crippen MR) is 268 cm³/mol. The third-order valence-electron chi connectivity index (χ3n) is 15.8. The molecule has 5 rings (SSSR count). The van der Waals surface area contributed by atoms with Crippen LogP contribution >= 0.6 is 0 Å². The molecule has 1 unspecified atom stereocenters. The van der Waals surface area contributed by atoms with E-state index in [9.17, 15) is 47.4 Å². The zero-order valence-corrected chi connectivity index (χ0v) is 45.3. The number of aliphatic hydroxyl groups excluding tert-OH is 1. The standard InChI is InChI=1S/C53H81N3O16S/c1-30-16-13-12-14-17-31(2)42(67-9)28-37-21-19-35(6)53(64,72-37)49(60)50(61)56-23-15-18-38-39(26-36-20-22-41(44(27-36)68-10)71-52(63)54-73(65,66)55(7)8)43(70-51(62)45(38)56)29-40(57)32(3)25-34(5)47(59)48(69-11)46(58)33(4)24-30/h12-14,16-17,25,30,32-33,35-39,41-45,47-48,59,64H,15,18-24,26-29H2,1-11H3,(H,54,63)/b14-12+,16-13+,31-17+,34-25+/t30-,32-,33-,35-,36+,37+,38?,39+,41-,42+,43+,44-,45+,47-,48+,53-/m1/s1. The molecule has 0 aromatic carbocycles. The van der Waals surface area contributed by atoms with Crippen molar-refractivity contribution in [3.63, 3.8) is 0 Å². The SMILES string of the molecule is CO[C@H]1C[C@@H]2CC[C@@H](C)[C@@](O)(O2)C(=O)C(=O)N2CCCC3[C@H]2C(=O)O[C@@H](CC(=O)[C@H](C)/C=C(\C)[C@@H](O)[C@@H](OC)C(=O)[C@H](C)C[C@H](C)/C=C/C=C/C=C/1C)[C@H]3C[C@@H]1CC[C@@H](OC(=O)NS(=O)(=O)N(C)C)[C@H](OC)C1. The zero-order valence-electron chi connectivity index (χ0n) is 44.5. The first kappa shape index (κ1) is 59.7. The van der Waals surface area contributed by atoms with Crippen molar-refractivity contribution in [3.8, 4) is 0 Å². The van der Waals surface area contributed by atoms with E-state index in [0.717, 1.165) is 9.88 Å². The van der Waals surface area contributed by atoms with E-state index in [-0.39, 0.29) is 42.8 Å². The molecule has 2 amide bonds. The minimum Gasteiger partial charge on any atom is -0.460 e. The monoisotopic (exact) mass is 1050 g/mol. The number of fused-ring (bicyclic) bond motifs is 3. The molecule has 3 N–H and O–H groups in total. The Balaban J connectivity index is 1.50. The predicted octanol–water partition coefficient (Wildman–Crippen LogP) is 4.94. The summed E-state index contributed by atoms with van der Waals surface area (Å²) < 4.78 is 62.5. The van der Waals surface area contributed by atoms with Crippen LogP contribution in [0.15, 0.2) is 47.6 Å². The molecule has 4 aliphatic heterocycles. The molecular weight excluding hydrogens is 967 g/mol. The van der Waals surface area contributed by atoms with Gasteiger partial charge in [0, 0.05) is 78.5 Å². The number of carbonyl (C=O) groups excluding carboxylic acids is 6. The van der Waals surface area contributed by atoms with Gasteiger partial charge in [-0.2, -0.15) is 12.7 Å². The molecule has 3 saturated heterocycles. The third-order valence-corrected chi connectivity index (χ3v) is 17.2. The van der Waals surface area contributed by atoms with Crippen LogP contribution in [0, 0.1) is 41.4 Å². The highest BCUT2D eigenvalue weighted by Crippen LogP contribution is 2.45. The Kier molecular flexibility index (Phi) is 21.3. The number of amides is 2. The number of carbonyl (C=O) groups is 6. The largest absolute Gasteiger partial charge is 0.460 e. The molecule has 6 bridgehead atoms. The molecule has 4 fully saturated rings. The number of esters is 1. The fraction of sp³-hybridized carbons (Fsp3) is 0.736. The van der Waals surface area contributed by atoms with Gasteiger partial charge in [0.1, 0.15) is 36.2 Å². The lowest BCUT2D eigenvalue weighted by molar-refractivity contribution is -0.266. The molecule has 4 heterocycles. The van der Waals surface area contributed by atoms with E-state index in [1.807, 2.05) is 48.9 Å². The summed E-state index contributed by atoms with van der Waals surface area (Å²) in [5.41, 5.74) is 1.20. The number of ether oxygens (including phenoxy) is 6. The van der Waals surface area contributed by atoms with Gasteiger partial charge in [0.2, 0.25) is 5.79 Å². The van der Waals surface area contributed by atoms with Crippen LogP contribution in [0.3, 0.4) is 0 Å². The van der Waals surface area contributed by atoms with Crippen LogP contribution in [0.1, 0.15) is 112 Å². The Morgan fingerprint density at radius 2 is 1.60 bits per heavy atom. The second-order valence-corrected chi connectivity index (χ2v) is 23.2. The highest BCUT2D eigenvalue weighted by atomic mass is 32.2. The molecule has 20 heteroatoms. The molecule has 1 aliphatic carbocycles. The van der Waals surface area contributed by atoms with E-state index in [0.29, 0.717) is 63.4 Å². The molecule has 5 aliphatic rings. The van der Waals surface area contributed by atoms with Crippen molar-refractivity contribution in [2.45, 2.75) is 167 Å². The number of piperidine rings is 1. The Bertz CT molecular complexity index is 2230. The number of Topliss-reactive ketones (excluding diaryl/α,β-unsaturated/α-hetero) is 3. The zero-order chi connectivity index (χ0) is 54.1. The van der Waals surface area contributed by atoms with Crippen LogP contribution in [0.5, 0.6) is 0 Å². The van der Waals surface area contributed by atoms with Crippen LogP contribution in [0.4, 0.5) is 4.79 Å². The molecule has 1 saturated carbocycles. The van der Waals surface area contributed by atoms with E-state index >= 15 is 0 Å². The van der Waals surface area contributed by atoms with Crippen LogP contribution < -0.4 is 4.72 Å². The molecular formula is C53H81N3O16S. The molecule has 0 aromatic rings. The van der Waals surface area contributed by atoms with Gasteiger partial charge in [-0.15, -0.1) is 0 Å². The minimum absolute atomic E-state index is 0.0104. The summed E-state index contributed by atoms with van der Waals surface area (Å²) >= 11 is 0. The van der Waals surface area contributed by atoms with E-state index in [4.69, 9.17) is 28.4 Å². The number of hydrogen-bond donors (Lipinski definition) is 3. The number of rotatable bonds is 8. The lowest BCUT2D eigenvalue weighted by atomic mass is 9.68. The van der Waals surface area contributed by atoms with E-state index in [1.54, 1.807) is 40.9 Å². The quantitative estimate of drug-likeness (QED) is 0.165. The number of hydrogen-bond acceptors (Lipinski definition) is 16. The summed E-state index contributed by atoms with van der Waals surface area (Å²) in [5.74, 6) is -9.47. The summed E-state index contributed by atoms with van der Waals surface area (Å²) in [6.07, 6.45) is 7.52. The van der Waals surface area contributed by atoms with Gasteiger partial charge >= 0.3 is 22.3 Å². The van der Waals surface area contributed by atoms with Crippen LogP contribution in [0.2, 0.25) is 0 Å². The summed E-state index contributed by atoms with van der Waals surface area (Å²) in [4.78, 5) is 85.4. The molecule has 410 valence electrons. The Hall–Kier alpha value is -4.15. The first-order chi connectivity index (χ1) is 34.4. The smallest absolute Gasteiger partial charge is 0.422 e. The van der Waals surface area contributed by atoms with Gasteiger partial charge in [-0.1, -0.05) is 64.2 Å². The number of nitrogens with one attached hydrogen (secondary N) is 1. The van der Waals surface area contributed by atoms with E-state index in [2.05, 4.69) is 0 Å². The molecule has 0 radical (unpaired) electrons. The van der Waals surface area contributed by atoms with Crippen LogP contribution in [-0.2, 0) is 62.6 Å². The minimum atomic E-state index is -4.12. The van der Waals surface area contributed by atoms with Gasteiger partial charge in [0.05, 0.1) is 18.3 Å². The maximum absolute atomic E-state index is 14.6. The highest BCUT2D eigenvalue weighted by Gasteiger charge is 2.57. The van der Waals surface area contributed by atoms with Gasteiger partial charge in [0.15, 0.2) is 5.78 Å². The van der Waals surface area contributed by atoms with Crippen molar-refractivity contribution in [1.82, 2.24) is 13.9 Å². The van der Waals surface area contributed by atoms with E-state index < -0.39 is 118 Å². The number of ketones is 3. The van der Waals surface area contributed by atoms with Gasteiger partial charge in [-0.25, -0.2) is 14.3 Å². The van der Waals surface area contributed by atoms with Gasteiger partial charge in [-0.05, 0) is 101 Å². The molecule has 19 nitrogen and oxygen atoms in total. The Morgan fingerprint density at radius 1 is 0.890 bits per heavy atom. The summed E-state index contributed by atoms with van der Waals surface area (Å²) in [6, 6.07) is -1.23. The molecule has 16 atom stereocenters. The highest BCUT2D eigenvalue weighted by molar-refractivity contribution is 7.87. The number of aliphatic hydroxyl groups is 2. The van der Waals surface area contributed by atoms with Crippen molar-refractivity contribution >= 4 is 45.5 Å². The van der Waals surface area contributed by atoms with Crippen molar-refractivity contribution in [2.75, 3.05) is 42.0 Å². The maximum atomic E-state index is 14.6. The first-order valence-electron chi connectivity index (χ1n) is 25.8. The summed E-state index contributed by atoms with van der Waals surface area (Å²) in [6.45, 7) is 10.6. The maximum Gasteiger partial charge on any atom is 0.422 e. The average Bonchev–Trinajstić information content (AvgIpc) is 3.34. The van der Waals surface area contributed by atoms with Crippen LogP contribution in [0.25, 0.3) is 0 Å². The number of nitrogens with zero attached hydrogens (tertiary/aromatic N) is 2. The Labute approximate surface area is 431 Å². The van der Waals surface area contributed by atoms with Crippen molar-refractivity contribution < 1.29 is 75.8 Å². The second-order valence-electron chi connectivity index (χ2n) is 21.3. The topological polar surface area (TPSA) is 251 Å². The van der Waals surface area contributed by atoms with Crippen molar-refractivity contribution in [3.05, 3.63) is 47.6 Å². The fourth-order valence-corrected chi connectivity index (χ4v) is 11.8. The lowest BCUT2D eigenvalue weighted by Gasteiger charge is -2.50.